The van der Waals surface area contributed by atoms with Crippen LogP contribution in [0, 0.1) is 12.5 Å². The van der Waals surface area contributed by atoms with Crippen LogP contribution in [-0.2, 0) is 6.42 Å². The highest BCUT2D eigenvalue weighted by Gasteiger charge is 1.99. The Kier molecular flexibility index (Phi) is 3.81. The lowest BCUT2D eigenvalue weighted by Gasteiger charge is -2.03. The Morgan fingerprint density at radius 1 is 1.67 bits per heavy atom. The Hall–Kier alpha value is -0.820. The van der Waals surface area contributed by atoms with Crippen LogP contribution in [0.5, 0.6) is 0 Å². The normalized spacial score (nSPS) is 12.3. The molecule has 0 spiro atoms. The van der Waals surface area contributed by atoms with Crippen molar-refractivity contribution in [3.63, 3.8) is 0 Å². The first kappa shape index (κ1) is 9.27. The molecule has 0 aliphatic heterocycles. The van der Waals surface area contributed by atoms with Crippen LogP contribution < -0.4 is 0 Å². The van der Waals surface area contributed by atoms with Crippen LogP contribution in [0.25, 0.3) is 0 Å². The van der Waals surface area contributed by atoms with Gasteiger partial charge in [0.2, 0.25) is 0 Å². The van der Waals surface area contributed by atoms with Gasteiger partial charge >= 0.3 is 0 Å². The van der Waals surface area contributed by atoms with Crippen LogP contribution in [0.1, 0.15) is 11.3 Å². The molecule has 1 radical (unpaired) electrons. The van der Waals surface area contributed by atoms with E-state index in [1.165, 1.54) is 4.88 Å². The van der Waals surface area contributed by atoms with Crippen molar-refractivity contribution in [2.24, 2.45) is 5.92 Å². The number of rotatable bonds is 5. The first-order valence-electron chi connectivity index (χ1n) is 4.07. The van der Waals surface area contributed by atoms with Gasteiger partial charge in [0.05, 0.1) is 0 Å². The predicted octanol–water partition coefficient (Wildman–Crippen LogP) is 3.47. The van der Waals surface area contributed by atoms with E-state index in [1.54, 1.807) is 17.4 Å². The zero-order valence-corrected chi connectivity index (χ0v) is 7.89. The van der Waals surface area contributed by atoms with Gasteiger partial charge in [0.25, 0.3) is 0 Å². The van der Waals surface area contributed by atoms with Gasteiger partial charge in [-0.3, -0.25) is 0 Å². The molecule has 1 aromatic rings. The summed E-state index contributed by atoms with van der Waals surface area (Å²) in [6.45, 7) is 9.15. The maximum Gasteiger partial charge on any atom is 0.00455 e. The molecule has 12 heavy (non-hydrogen) atoms. The van der Waals surface area contributed by atoms with Crippen LogP contribution in [0.15, 0.2) is 36.2 Å². The van der Waals surface area contributed by atoms with Gasteiger partial charge in [-0.15, -0.1) is 17.9 Å². The van der Waals surface area contributed by atoms with Crippen molar-refractivity contribution in [2.75, 3.05) is 0 Å². The Bertz CT molecular complexity index is 226. The maximum atomic E-state index is 5.43. The second-order valence-electron chi connectivity index (χ2n) is 2.71. The zero-order valence-electron chi connectivity index (χ0n) is 7.07. The first-order valence-corrected chi connectivity index (χ1v) is 4.94. The van der Waals surface area contributed by atoms with E-state index in [2.05, 4.69) is 24.1 Å². The smallest absolute Gasteiger partial charge is 0.00455 e. The van der Waals surface area contributed by atoms with E-state index in [-0.39, 0.29) is 0 Å². The van der Waals surface area contributed by atoms with Crippen LogP contribution in [0.3, 0.4) is 0 Å². The average Bonchev–Trinajstić information content (AvgIpc) is 2.59. The highest BCUT2D eigenvalue weighted by molar-refractivity contribution is 7.09. The fourth-order valence-corrected chi connectivity index (χ4v) is 1.78. The molecule has 0 saturated heterocycles. The van der Waals surface area contributed by atoms with Crippen molar-refractivity contribution in [2.45, 2.75) is 12.8 Å². The van der Waals surface area contributed by atoms with Crippen LogP contribution in [0.4, 0.5) is 0 Å². The summed E-state index contributed by atoms with van der Waals surface area (Å²) in [6.07, 6.45) is 5.77. The summed E-state index contributed by atoms with van der Waals surface area (Å²) >= 11 is 1.80. The molecule has 0 amide bonds. The van der Waals surface area contributed by atoms with Crippen molar-refractivity contribution in [3.8, 4) is 0 Å². The lowest BCUT2D eigenvalue weighted by molar-refractivity contribution is 0.716. The van der Waals surface area contributed by atoms with Crippen LogP contribution in [-0.4, -0.2) is 0 Å². The third-order valence-electron chi connectivity index (χ3n) is 1.85. The van der Waals surface area contributed by atoms with Gasteiger partial charge in [-0.25, -0.2) is 0 Å². The van der Waals surface area contributed by atoms with Gasteiger partial charge in [-0.1, -0.05) is 24.8 Å². The number of hydrogen-bond acceptors (Lipinski definition) is 1. The fraction of sp³-hybridized carbons (Fsp3) is 0.273. The molecular formula is C11H13S. The minimum atomic E-state index is 0.354. The van der Waals surface area contributed by atoms with Gasteiger partial charge in [0.1, 0.15) is 0 Å². The molecule has 0 aliphatic carbocycles. The molecule has 1 atom stereocenters. The highest BCUT2D eigenvalue weighted by Crippen LogP contribution is 2.15. The molecule has 1 aromatic heterocycles. The Labute approximate surface area is 78.2 Å². The monoisotopic (exact) mass is 177 g/mol. The molecule has 0 fully saturated rings. The van der Waals surface area contributed by atoms with Crippen molar-refractivity contribution in [3.05, 3.63) is 47.7 Å². The van der Waals surface area contributed by atoms with Crippen LogP contribution in [0.2, 0.25) is 0 Å². The Morgan fingerprint density at radius 3 is 3.00 bits per heavy atom. The molecule has 0 nitrogen and oxygen atoms in total. The molecule has 1 heterocycles. The van der Waals surface area contributed by atoms with E-state index in [9.17, 15) is 0 Å². The molecule has 1 rings (SSSR count). The number of allylic oxidation sites excluding steroid dienone is 2. The SMILES string of the molecule is [CH]=CC(C=C)CCc1cccs1. The van der Waals surface area contributed by atoms with Crippen molar-refractivity contribution in [1.82, 2.24) is 0 Å². The van der Waals surface area contributed by atoms with Gasteiger partial charge < -0.3 is 0 Å². The van der Waals surface area contributed by atoms with Crippen molar-refractivity contribution < 1.29 is 0 Å². The Morgan fingerprint density at radius 2 is 2.50 bits per heavy atom. The Balaban J connectivity index is 2.34. The van der Waals surface area contributed by atoms with Crippen molar-refractivity contribution >= 4 is 11.3 Å². The summed E-state index contributed by atoms with van der Waals surface area (Å²) in [4.78, 5) is 1.42. The second kappa shape index (κ2) is 4.94. The molecule has 0 saturated carbocycles. The third kappa shape index (κ3) is 2.67. The number of aryl methyl sites for hydroxylation is 1. The summed E-state index contributed by atoms with van der Waals surface area (Å²) in [5.41, 5.74) is 0. The minimum absolute atomic E-state index is 0.354. The van der Waals surface area contributed by atoms with E-state index >= 15 is 0 Å². The molecule has 1 heteroatoms. The summed E-state index contributed by atoms with van der Waals surface area (Å²) in [6, 6.07) is 4.23. The summed E-state index contributed by atoms with van der Waals surface area (Å²) < 4.78 is 0. The lowest BCUT2D eigenvalue weighted by Crippen LogP contribution is -1.92. The summed E-state index contributed by atoms with van der Waals surface area (Å²) in [5, 5.41) is 2.10. The minimum Gasteiger partial charge on any atom is -0.149 e. The standard InChI is InChI=1S/C11H13S/c1-3-10(4-2)7-8-11-6-5-9-12-11/h1,3-6,9-10H,2,7-8H2. The zero-order chi connectivity index (χ0) is 8.81. The summed E-state index contributed by atoms with van der Waals surface area (Å²) in [7, 11) is 0. The first-order chi connectivity index (χ1) is 5.86. The lowest BCUT2D eigenvalue weighted by atomic mass is 10.0. The number of hydrogen-bond donors (Lipinski definition) is 0. The van der Waals surface area contributed by atoms with Crippen molar-refractivity contribution in [1.29, 1.82) is 0 Å². The molecule has 1 unspecified atom stereocenters. The molecule has 0 aromatic carbocycles. The molecule has 0 aliphatic rings. The fourth-order valence-electron chi connectivity index (χ4n) is 1.06. The largest absolute Gasteiger partial charge is 0.149 e. The van der Waals surface area contributed by atoms with E-state index < -0.39 is 0 Å². The second-order valence-corrected chi connectivity index (χ2v) is 3.74. The van der Waals surface area contributed by atoms with E-state index in [1.807, 2.05) is 6.08 Å². The van der Waals surface area contributed by atoms with Gasteiger partial charge in [0, 0.05) is 4.88 Å². The predicted molar refractivity (Wildman–Crippen MR) is 55.2 cm³/mol. The quantitative estimate of drug-likeness (QED) is 0.604. The highest BCUT2D eigenvalue weighted by atomic mass is 32.1. The average molecular weight is 177 g/mol. The number of thiophene rings is 1. The van der Waals surface area contributed by atoms with Crippen LogP contribution >= 0.6 is 11.3 Å². The van der Waals surface area contributed by atoms with E-state index in [4.69, 9.17) is 6.58 Å². The third-order valence-corrected chi connectivity index (χ3v) is 2.79. The molecule has 63 valence electrons. The van der Waals surface area contributed by atoms with Gasteiger partial charge in [-0.05, 0) is 30.2 Å². The summed E-state index contributed by atoms with van der Waals surface area (Å²) in [5.74, 6) is 0.354. The van der Waals surface area contributed by atoms with E-state index in [0.717, 1.165) is 12.8 Å². The molecular weight excluding hydrogens is 164 g/mol. The van der Waals surface area contributed by atoms with Gasteiger partial charge in [-0.2, -0.15) is 0 Å². The van der Waals surface area contributed by atoms with E-state index in [0.29, 0.717) is 5.92 Å². The van der Waals surface area contributed by atoms with Gasteiger partial charge in [0.15, 0.2) is 0 Å². The molecule has 0 N–H and O–H groups in total. The maximum absolute atomic E-state index is 5.43. The molecule has 0 bridgehead atoms. The topological polar surface area (TPSA) is 0 Å².